The summed E-state index contributed by atoms with van der Waals surface area (Å²) in [6, 6.07) is 5.92. The van der Waals surface area contributed by atoms with Gasteiger partial charge in [-0.3, -0.25) is 0 Å². The van der Waals surface area contributed by atoms with Crippen molar-refractivity contribution in [1.29, 1.82) is 0 Å². The molecule has 0 unspecified atom stereocenters. The number of hydrogen-bond acceptors (Lipinski definition) is 3. The summed E-state index contributed by atoms with van der Waals surface area (Å²) in [6.07, 6.45) is 2.99. The molecule has 0 aliphatic heterocycles. The number of ether oxygens (including phenoxy) is 1. The van der Waals surface area contributed by atoms with Crippen LogP contribution in [0.4, 0.5) is 5.69 Å². The summed E-state index contributed by atoms with van der Waals surface area (Å²) >= 11 is 3.43. The van der Waals surface area contributed by atoms with Crippen molar-refractivity contribution in [2.24, 2.45) is 0 Å². The van der Waals surface area contributed by atoms with Crippen LogP contribution in [0.15, 0.2) is 22.7 Å². The van der Waals surface area contributed by atoms with Gasteiger partial charge < -0.3 is 15.2 Å². The zero-order valence-electron chi connectivity index (χ0n) is 9.50. The van der Waals surface area contributed by atoms with Crippen molar-refractivity contribution < 1.29 is 9.84 Å². The van der Waals surface area contributed by atoms with Crippen LogP contribution >= 0.6 is 15.9 Å². The van der Waals surface area contributed by atoms with Gasteiger partial charge in [0, 0.05) is 29.4 Å². The van der Waals surface area contributed by atoms with Crippen LogP contribution in [0, 0.1) is 0 Å². The molecule has 0 radical (unpaired) electrons. The summed E-state index contributed by atoms with van der Waals surface area (Å²) in [5.74, 6) is 0.840. The van der Waals surface area contributed by atoms with Crippen molar-refractivity contribution in [2.45, 2.75) is 19.3 Å². The van der Waals surface area contributed by atoms with E-state index >= 15 is 0 Å². The Balaban J connectivity index is 2.38. The van der Waals surface area contributed by atoms with Gasteiger partial charge in [0.05, 0.1) is 7.11 Å². The highest BCUT2D eigenvalue weighted by Crippen LogP contribution is 2.24. The normalized spacial score (nSPS) is 10.2. The summed E-state index contributed by atoms with van der Waals surface area (Å²) in [5.41, 5.74) is 1.05. The van der Waals surface area contributed by atoms with Crippen LogP contribution < -0.4 is 10.1 Å². The van der Waals surface area contributed by atoms with E-state index in [-0.39, 0.29) is 6.61 Å². The molecule has 4 heteroatoms. The average Bonchev–Trinajstić information content (AvgIpc) is 2.28. The molecular weight excluding hydrogens is 270 g/mol. The van der Waals surface area contributed by atoms with Crippen LogP contribution in [0.2, 0.25) is 0 Å². The second-order valence-electron chi connectivity index (χ2n) is 3.59. The van der Waals surface area contributed by atoms with Crippen molar-refractivity contribution in [3.8, 4) is 5.75 Å². The Morgan fingerprint density at radius 2 is 2.06 bits per heavy atom. The smallest absolute Gasteiger partial charge is 0.122 e. The number of aliphatic hydroxyl groups is 1. The Labute approximate surface area is 105 Å². The van der Waals surface area contributed by atoms with Gasteiger partial charge in [-0.15, -0.1) is 0 Å². The number of unbranched alkanes of at least 4 members (excludes halogenated alkanes) is 2. The Morgan fingerprint density at radius 3 is 2.75 bits per heavy atom. The summed E-state index contributed by atoms with van der Waals surface area (Å²) in [6.45, 7) is 1.20. The fraction of sp³-hybridized carbons (Fsp3) is 0.500. The number of nitrogens with one attached hydrogen (secondary N) is 1. The van der Waals surface area contributed by atoms with Crippen molar-refractivity contribution in [1.82, 2.24) is 0 Å². The fourth-order valence-electron chi connectivity index (χ4n) is 1.43. The minimum Gasteiger partial charge on any atom is -0.497 e. The molecule has 1 aromatic carbocycles. The molecule has 0 atom stereocenters. The van der Waals surface area contributed by atoms with Crippen LogP contribution in [0.5, 0.6) is 5.75 Å². The molecular formula is C12H18BrNO2. The molecule has 0 saturated heterocycles. The maximum Gasteiger partial charge on any atom is 0.122 e. The van der Waals surface area contributed by atoms with Crippen LogP contribution in [0.1, 0.15) is 19.3 Å². The molecule has 90 valence electrons. The van der Waals surface area contributed by atoms with Gasteiger partial charge in [0.1, 0.15) is 5.75 Å². The first-order valence-corrected chi connectivity index (χ1v) is 6.25. The van der Waals surface area contributed by atoms with E-state index in [1.165, 1.54) is 0 Å². The van der Waals surface area contributed by atoms with E-state index in [1.54, 1.807) is 7.11 Å². The zero-order chi connectivity index (χ0) is 11.8. The molecule has 2 N–H and O–H groups in total. The second-order valence-corrected chi connectivity index (χ2v) is 4.51. The van der Waals surface area contributed by atoms with Gasteiger partial charge in [0.15, 0.2) is 0 Å². The molecule has 1 rings (SSSR count). The molecule has 0 aliphatic carbocycles. The van der Waals surface area contributed by atoms with Crippen molar-refractivity contribution in [2.75, 3.05) is 25.6 Å². The van der Waals surface area contributed by atoms with Gasteiger partial charge in [-0.2, -0.15) is 0 Å². The number of aliphatic hydroxyl groups excluding tert-OH is 1. The van der Waals surface area contributed by atoms with Gasteiger partial charge >= 0.3 is 0 Å². The van der Waals surface area contributed by atoms with Crippen LogP contribution in [0.3, 0.4) is 0 Å². The summed E-state index contributed by atoms with van der Waals surface area (Å²) < 4.78 is 6.18. The number of rotatable bonds is 7. The van der Waals surface area contributed by atoms with Crippen molar-refractivity contribution in [3.63, 3.8) is 0 Å². The number of halogens is 1. The highest BCUT2D eigenvalue weighted by molar-refractivity contribution is 9.10. The van der Waals surface area contributed by atoms with Crippen molar-refractivity contribution >= 4 is 21.6 Å². The molecule has 3 nitrogen and oxygen atoms in total. The monoisotopic (exact) mass is 287 g/mol. The Kier molecular flexibility index (Phi) is 6.26. The number of hydrogen-bond donors (Lipinski definition) is 2. The lowest BCUT2D eigenvalue weighted by Gasteiger charge is -2.08. The number of methoxy groups -OCH3 is 1. The van der Waals surface area contributed by atoms with E-state index < -0.39 is 0 Å². The maximum atomic E-state index is 8.64. The van der Waals surface area contributed by atoms with Gasteiger partial charge in [-0.25, -0.2) is 0 Å². The van der Waals surface area contributed by atoms with E-state index in [0.29, 0.717) is 0 Å². The first kappa shape index (κ1) is 13.3. The summed E-state index contributed by atoms with van der Waals surface area (Å²) in [5, 5.41) is 12.0. The highest BCUT2D eigenvalue weighted by Gasteiger charge is 1.98. The van der Waals surface area contributed by atoms with E-state index in [1.807, 2.05) is 18.2 Å². The van der Waals surface area contributed by atoms with Crippen molar-refractivity contribution in [3.05, 3.63) is 22.7 Å². The maximum absolute atomic E-state index is 8.64. The predicted molar refractivity (Wildman–Crippen MR) is 70.1 cm³/mol. The quantitative estimate of drug-likeness (QED) is 0.758. The Morgan fingerprint density at radius 1 is 1.25 bits per heavy atom. The lowest BCUT2D eigenvalue weighted by molar-refractivity contribution is 0.283. The first-order chi connectivity index (χ1) is 7.76. The van der Waals surface area contributed by atoms with E-state index in [4.69, 9.17) is 9.84 Å². The van der Waals surface area contributed by atoms with E-state index in [2.05, 4.69) is 21.2 Å². The van der Waals surface area contributed by atoms with Gasteiger partial charge in [0.25, 0.3) is 0 Å². The predicted octanol–water partition coefficient (Wildman–Crippen LogP) is 3.03. The summed E-state index contributed by atoms with van der Waals surface area (Å²) in [7, 11) is 1.66. The third-order valence-corrected chi connectivity index (χ3v) is 2.73. The largest absolute Gasteiger partial charge is 0.497 e. The lowest BCUT2D eigenvalue weighted by Crippen LogP contribution is -2.02. The lowest BCUT2D eigenvalue weighted by atomic mass is 10.2. The third kappa shape index (κ3) is 4.86. The zero-order valence-corrected chi connectivity index (χ0v) is 11.1. The highest BCUT2D eigenvalue weighted by atomic mass is 79.9. The van der Waals surface area contributed by atoms with Crippen LogP contribution in [0.25, 0.3) is 0 Å². The Hall–Kier alpha value is -0.740. The van der Waals surface area contributed by atoms with Gasteiger partial charge in [0.2, 0.25) is 0 Å². The average molecular weight is 288 g/mol. The molecule has 0 aromatic heterocycles. The molecule has 0 aliphatic rings. The molecule has 1 aromatic rings. The molecule has 16 heavy (non-hydrogen) atoms. The van der Waals surface area contributed by atoms with E-state index in [0.717, 1.165) is 41.7 Å². The molecule has 0 fully saturated rings. The topological polar surface area (TPSA) is 41.5 Å². The first-order valence-electron chi connectivity index (χ1n) is 5.45. The SMILES string of the molecule is COc1cc(Br)cc(NCCCCCO)c1. The molecule has 0 amide bonds. The minimum absolute atomic E-state index is 0.282. The van der Waals surface area contributed by atoms with Crippen LogP contribution in [-0.2, 0) is 0 Å². The molecule has 0 spiro atoms. The minimum atomic E-state index is 0.282. The summed E-state index contributed by atoms with van der Waals surface area (Å²) in [4.78, 5) is 0. The molecule has 0 saturated carbocycles. The van der Waals surface area contributed by atoms with Gasteiger partial charge in [-0.1, -0.05) is 15.9 Å². The molecule has 0 heterocycles. The Bertz CT molecular complexity index is 318. The standard InChI is InChI=1S/C12H18BrNO2/c1-16-12-8-10(13)7-11(9-12)14-5-3-2-4-6-15/h7-9,14-15H,2-6H2,1H3. The van der Waals surface area contributed by atoms with Gasteiger partial charge in [-0.05, 0) is 31.4 Å². The molecule has 0 bridgehead atoms. The number of benzene rings is 1. The third-order valence-electron chi connectivity index (χ3n) is 2.27. The number of anilines is 1. The van der Waals surface area contributed by atoms with Crippen LogP contribution in [-0.4, -0.2) is 25.4 Å². The fourth-order valence-corrected chi connectivity index (χ4v) is 1.90. The second kappa shape index (κ2) is 7.52. The van der Waals surface area contributed by atoms with E-state index in [9.17, 15) is 0 Å².